The first-order chi connectivity index (χ1) is 13.6. The molecule has 1 rings (SSSR count). The van der Waals surface area contributed by atoms with Crippen molar-refractivity contribution in [2.75, 3.05) is 32.9 Å². The van der Waals surface area contributed by atoms with Gasteiger partial charge in [-0.3, -0.25) is 0 Å². The van der Waals surface area contributed by atoms with Crippen LogP contribution in [-0.4, -0.2) is 37.4 Å². The lowest BCUT2D eigenvalue weighted by molar-refractivity contribution is -0.888. The molecule has 0 aliphatic carbocycles. The summed E-state index contributed by atoms with van der Waals surface area (Å²) in [5.41, 5.74) is 0. The Morgan fingerprint density at radius 1 is 0.607 bits per heavy atom. The Balaban J connectivity index is 1.85. The molecule has 0 spiro atoms. The van der Waals surface area contributed by atoms with Gasteiger partial charge in [0.05, 0.1) is 27.2 Å². The molecule has 0 saturated heterocycles. The summed E-state index contributed by atoms with van der Waals surface area (Å²) in [5, 5.41) is 0. The Morgan fingerprint density at radius 2 is 1.07 bits per heavy atom. The van der Waals surface area contributed by atoms with Gasteiger partial charge in [-0.25, -0.2) is 0 Å². The summed E-state index contributed by atoms with van der Waals surface area (Å²) in [6.45, 7) is 4.89. The quantitative estimate of drug-likeness (QED) is 0.126. The lowest BCUT2D eigenvalue weighted by Crippen LogP contribution is -2.42. The molecule has 0 heterocycles. The molecule has 0 saturated carbocycles. The second-order valence-corrected chi connectivity index (χ2v) is 10.3. The molecular formula is C26H48NS+. The summed E-state index contributed by atoms with van der Waals surface area (Å²) < 4.78 is 1.16. The Morgan fingerprint density at radius 3 is 1.57 bits per heavy atom. The van der Waals surface area contributed by atoms with Crippen molar-refractivity contribution in [2.45, 2.75) is 102 Å². The van der Waals surface area contributed by atoms with Gasteiger partial charge >= 0.3 is 0 Å². The zero-order valence-corrected chi connectivity index (χ0v) is 20.1. The number of quaternary nitrogens is 1. The van der Waals surface area contributed by atoms with E-state index >= 15 is 0 Å². The highest BCUT2D eigenvalue weighted by Crippen LogP contribution is 2.18. The number of hydrogen-bond donors (Lipinski definition) is 0. The second kappa shape index (κ2) is 17.4. The Labute approximate surface area is 181 Å². The minimum atomic E-state index is 1.16. The number of benzene rings is 1. The van der Waals surface area contributed by atoms with Crippen molar-refractivity contribution in [3.05, 3.63) is 30.3 Å². The molecule has 0 amide bonds. The third kappa shape index (κ3) is 15.5. The SMILES string of the molecule is CCCCCCCCCCCCCCCC[N+](C)(C)CCSc1ccccc1. The third-order valence-electron chi connectivity index (χ3n) is 5.83. The highest BCUT2D eigenvalue weighted by Gasteiger charge is 2.14. The molecule has 0 aliphatic heterocycles. The van der Waals surface area contributed by atoms with E-state index in [0.717, 1.165) is 4.48 Å². The molecule has 0 aliphatic rings. The van der Waals surface area contributed by atoms with E-state index in [2.05, 4.69) is 51.4 Å². The zero-order chi connectivity index (χ0) is 20.3. The minimum Gasteiger partial charge on any atom is -0.328 e. The molecule has 0 aromatic heterocycles. The van der Waals surface area contributed by atoms with Gasteiger partial charge in [-0.2, -0.15) is 0 Å². The standard InChI is InChI=1S/C26H48NS/c1-4-5-6-7-8-9-10-11-12-13-14-15-16-20-23-27(2,3)24-25-28-26-21-18-17-19-22-26/h17-19,21-22H,4-16,20,23-25H2,1-3H3/q+1. The number of thioether (sulfide) groups is 1. The van der Waals surface area contributed by atoms with Crippen molar-refractivity contribution >= 4 is 11.8 Å². The van der Waals surface area contributed by atoms with Gasteiger partial charge in [0.15, 0.2) is 0 Å². The first-order valence-electron chi connectivity index (χ1n) is 12.1. The lowest BCUT2D eigenvalue weighted by atomic mass is 10.0. The summed E-state index contributed by atoms with van der Waals surface area (Å²) in [5.74, 6) is 1.22. The topological polar surface area (TPSA) is 0 Å². The van der Waals surface area contributed by atoms with Crippen LogP contribution >= 0.6 is 11.8 Å². The fourth-order valence-corrected chi connectivity index (χ4v) is 4.94. The van der Waals surface area contributed by atoms with Crippen LogP contribution in [0.4, 0.5) is 0 Å². The molecule has 0 unspecified atom stereocenters. The number of rotatable bonds is 19. The molecule has 0 fully saturated rings. The highest BCUT2D eigenvalue weighted by atomic mass is 32.2. The van der Waals surface area contributed by atoms with Crippen LogP contribution in [0.3, 0.4) is 0 Å². The average Bonchev–Trinajstić information content (AvgIpc) is 2.69. The summed E-state index contributed by atoms with van der Waals surface area (Å²) in [4.78, 5) is 1.40. The fourth-order valence-electron chi connectivity index (χ4n) is 3.77. The van der Waals surface area contributed by atoms with E-state index in [-0.39, 0.29) is 0 Å². The number of nitrogens with zero attached hydrogens (tertiary/aromatic N) is 1. The first-order valence-corrected chi connectivity index (χ1v) is 13.1. The third-order valence-corrected chi connectivity index (χ3v) is 6.82. The van der Waals surface area contributed by atoms with Crippen molar-refractivity contribution < 1.29 is 4.48 Å². The molecule has 1 aromatic rings. The first kappa shape index (κ1) is 25.6. The molecule has 28 heavy (non-hydrogen) atoms. The van der Waals surface area contributed by atoms with Crippen LogP contribution < -0.4 is 0 Å². The molecule has 1 nitrogen and oxygen atoms in total. The van der Waals surface area contributed by atoms with E-state index in [0.29, 0.717) is 0 Å². The van der Waals surface area contributed by atoms with E-state index in [4.69, 9.17) is 0 Å². The van der Waals surface area contributed by atoms with Gasteiger partial charge in [0.1, 0.15) is 0 Å². The van der Waals surface area contributed by atoms with E-state index in [1.54, 1.807) is 0 Å². The summed E-state index contributed by atoms with van der Waals surface area (Å²) in [7, 11) is 4.79. The van der Waals surface area contributed by atoms with Gasteiger partial charge < -0.3 is 4.48 Å². The van der Waals surface area contributed by atoms with E-state index < -0.39 is 0 Å². The smallest absolute Gasteiger partial charge is 0.0878 e. The van der Waals surface area contributed by atoms with Gasteiger partial charge in [0.2, 0.25) is 0 Å². The molecule has 162 valence electrons. The van der Waals surface area contributed by atoms with Crippen molar-refractivity contribution in [3.8, 4) is 0 Å². The zero-order valence-electron chi connectivity index (χ0n) is 19.3. The Kier molecular flexibility index (Phi) is 15.9. The summed E-state index contributed by atoms with van der Waals surface area (Å²) >= 11 is 1.99. The predicted molar refractivity (Wildman–Crippen MR) is 129 cm³/mol. The van der Waals surface area contributed by atoms with Crippen molar-refractivity contribution in [1.82, 2.24) is 0 Å². The van der Waals surface area contributed by atoms with Gasteiger partial charge in [0, 0.05) is 10.6 Å². The van der Waals surface area contributed by atoms with Crippen molar-refractivity contribution in [2.24, 2.45) is 0 Å². The largest absolute Gasteiger partial charge is 0.328 e. The van der Waals surface area contributed by atoms with Gasteiger partial charge in [-0.1, -0.05) is 102 Å². The van der Waals surface area contributed by atoms with E-state index in [1.807, 2.05) is 11.8 Å². The summed E-state index contributed by atoms with van der Waals surface area (Å²) in [6.07, 6.45) is 20.2. The molecule has 2 heteroatoms. The lowest BCUT2D eigenvalue weighted by Gasteiger charge is -2.29. The molecule has 0 bridgehead atoms. The Bertz CT molecular complexity index is 443. The second-order valence-electron chi connectivity index (χ2n) is 9.14. The predicted octanol–water partition coefficient (Wildman–Crippen LogP) is 8.34. The molecule has 1 aromatic carbocycles. The Hall–Kier alpha value is -0.470. The average molecular weight is 407 g/mol. The van der Waals surface area contributed by atoms with Crippen LogP contribution in [0.15, 0.2) is 35.2 Å². The maximum Gasteiger partial charge on any atom is 0.0878 e. The molecule has 0 atom stereocenters. The van der Waals surface area contributed by atoms with Crippen LogP contribution in [0.5, 0.6) is 0 Å². The van der Waals surface area contributed by atoms with Gasteiger partial charge in [-0.05, 0) is 25.0 Å². The van der Waals surface area contributed by atoms with Gasteiger partial charge in [-0.15, -0.1) is 11.8 Å². The van der Waals surface area contributed by atoms with Crippen LogP contribution in [0.25, 0.3) is 0 Å². The van der Waals surface area contributed by atoms with Crippen molar-refractivity contribution in [1.29, 1.82) is 0 Å². The maximum atomic E-state index is 2.40. The maximum absolute atomic E-state index is 2.40. The normalized spacial score (nSPS) is 11.8. The fraction of sp³-hybridized carbons (Fsp3) is 0.769. The molecule has 0 radical (unpaired) electrons. The number of hydrogen-bond acceptors (Lipinski definition) is 1. The minimum absolute atomic E-state index is 1.16. The highest BCUT2D eigenvalue weighted by molar-refractivity contribution is 7.99. The van der Waals surface area contributed by atoms with Crippen LogP contribution in [-0.2, 0) is 0 Å². The monoisotopic (exact) mass is 406 g/mol. The molecule has 0 N–H and O–H groups in total. The number of unbranched alkanes of at least 4 members (excludes halogenated alkanes) is 13. The van der Waals surface area contributed by atoms with Crippen LogP contribution in [0, 0.1) is 0 Å². The van der Waals surface area contributed by atoms with Gasteiger partial charge in [0.25, 0.3) is 0 Å². The van der Waals surface area contributed by atoms with Crippen LogP contribution in [0.2, 0.25) is 0 Å². The van der Waals surface area contributed by atoms with E-state index in [1.165, 1.54) is 114 Å². The van der Waals surface area contributed by atoms with Crippen LogP contribution in [0.1, 0.15) is 96.8 Å². The molecular weight excluding hydrogens is 358 g/mol. The summed E-state index contributed by atoms with van der Waals surface area (Å²) in [6, 6.07) is 10.8. The van der Waals surface area contributed by atoms with E-state index in [9.17, 15) is 0 Å². The van der Waals surface area contributed by atoms with Crippen molar-refractivity contribution in [3.63, 3.8) is 0 Å².